The van der Waals surface area contributed by atoms with E-state index in [9.17, 15) is 0 Å². The van der Waals surface area contributed by atoms with Gasteiger partial charge in [-0.05, 0) is 50.3 Å². The zero-order valence-corrected chi connectivity index (χ0v) is 15.9. The number of rotatable bonds is 5. The van der Waals surface area contributed by atoms with Gasteiger partial charge in [-0.15, -0.1) is 0 Å². The number of halogens is 1. The fourth-order valence-electron chi connectivity index (χ4n) is 3.32. The molecule has 0 aliphatic heterocycles. The number of methoxy groups -OCH3 is 1. The van der Waals surface area contributed by atoms with E-state index in [1.54, 1.807) is 7.11 Å². The van der Waals surface area contributed by atoms with Crippen LogP contribution in [0.25, 0.3) is 0 Å². The molecule has 1 aromatic carbocycles. The topological polar surface area (TPSA) is 73.6 Å². The van der Waals surface area contributed by atoms with E-state index in [-0.39, 0.29) is 11.5 Å². The lowest BCUT2D eigenvalue weighted by molar-refractivity contribution is -0.0421. The largest absolute Gasteiger partial charge is 0.387 e. The lowest BCUT2D eigenvalue weighted by Crippen LogP contribution is -2.47. The van der Waals surface area contributed by atoms with Crippen LogP contribution in [0.2, 0.25) is 0 Å². The van der Waals surface area contributed by atoms with Crippen molar-refractivity contribution < 1.29 is 4.74 Å². The van der Waals surface area contributed by atoms with Crippen molar-refractivity contribution in [3.05, 3.63) is 34.3 Å². The lowest BCUT2D eigenvalue weighted by Gasteiger charge is -2.43. The normalized spacial score (nSPS) is 28.4. The highest BCUT2D eigenvalue weighted by atomic mass is 79.9. The van der Waals surface area contributed by atoms with Crippen LogP contribution in [-0.4, -0.2) is 18.5 Å². The van der Waals surface area contributed by atoms with Gasteiger partial charge in [0.05, 0.1) is 11.4 Å². The van der Waals surface area contributed by atoms with E-state index >= 15 is 0 Å². The van der Waals surface area contributed by atoms with Gasteiger partial charge in [0.2, 0.25) is 0 Å². The second-order valence-electron chi connectivity index (χ2n) is 6.72. The van der Waals surface area contributed by atoms with Gasteiger partial charge in [0.1, 0.15) is 5.66 Å². The molecule has 23 heavy (non-hydrogen) atoms. The number of hydrogen-bond donors (Lipinski definition) is 2. The van der Waals surface area contributed by atoms with Gasteiger partial charge in [-0.2, -0.15) is 0 Å². The maximum absolute atomic E-state index is 6.84. The van der Waals surface area contributed by atoms with E-state index in [4.69, 9.17) is 21.2 Å². The minimum atomic E-state index is -0.779. The predicted molar refractivity (Wildman–Crippen MR) is 99.3 cm³/mol. The number of amidine groups is 1. The summed E-state index contributed by atoms with van der Waals surface area (Å²) in [5, 5.41) is 0. The SMILES string of the molecule is CCC(N)=NC(N)(c1cccc(Br)c1)C1CCC(C)(OC)CC1. The molecular weight excluding hydrogens is 354 g/mol. The Balaban J connectivity index is 2.36. The Labute approximate surface area is 147 Å². The minimum Gasteiger partial charge on any atom is -0.387 e. The van der Waals surface area contributed by atoms with E-state index in [0.717, 1.165) is 35.7 Å². The van der Waals surface area contributed by atoms with Gasteiger partial charge >= 0.3 is 0 Å². The highest BCUT2D eigenvalue weighted by molar-refractivity contribution is 9.10. The number of nitrogens with zero attached hydrogens (tertiary/aromatic N) is 1. The van der Waals surface area contributed by atoms with E-state index < -0.39 is 5.66 Å². The quantitative estimate of drug-likeness (QED) is 0.599. The molecule has 4 nitrogen and oxygen atoms in total. The Bertz CT molecular complexity index is 567. The van der Waals surface area contributed by atoms with Crippen molar-refractivity contribution in [2.45, 2.75) is 57.2 Å². The molecule has 0 amide bonds. The standard InChI is InChI=1S/C18H28BrN3O/c1-4-16(20)22-18(21,14-6-5-7-15(19)12-14)13-8-10-17(2,23-3)11-9-13/h5-7,12-13H,4,8-11,21H2,1-3H3,(H2,20,22). The third kappa shape index (κ3) is 4.14. The summed E-state index contributed by atoms with van der Waals surface area (Å²) < 4.78 is 6.66. The molecule has 128 valence electrons. The van der Waals surface area contributed by atoms with Crippen LogP contribution in [0, 0.1) is 5.92 Å². The van der Waals surface area contributed by atoms with Gasteiger partial charge in [0.25, 0.3) is 0 Å². The Morgan fingerprint density at radius 2 is 2.09 bits per heavy atom. The molecule has 4 N–H and O–H groups in total. The van der Waals surface area contributed by atoms with Crippen molar-refractivity contribution in [1.29, 1.82) is 0 Å². The molecule has 1 unspecified atom stereocenters. The molecule has 1 aliphatic carbocycles. The highest BCUT2D eigenvalue weighted by Gasteiger charge is 2.42. The number of aliphatic imine (C=N–C) groups is 1. The van der Waals surface area contributed by atoms with Crippen LogP contribution in [0.15, 0.2) is 33.7 Å². The molecule has 5 heteroatoms. The van der Waals surface area contributed by atoms with Crippen LogP contribution in [0.3, 0.4) is 0 Å². The molecule has 0 aromatic heterocycles. The number of hydrogen-bond acceptors (Lipinski definition) is 3. The summed E-state index contributed by atoms with van der Waals surface area (Å²) in [4.78, 5) is 4.75. The molecule has 1 aromatic rings. The Hall–Kier alpha value is -0.910. The van der Waals surface area contributed by atoms with E-state index in [2.05, 4.69) is 28.9 Å². The first-order valence-corrected chi connectivity index (χ1v) is 9.06. The monoisotopic (exact) mass is 381 g/mol. The average Bonchev–Trinajstić information content (AvgIpc) is 2.55. The van der Waals surface area contributed by atoms with E-state index in [1.807, 2.05) is 25.1 Å². The molecule has 1 saturated carbocycles. The summed E-state index contributed by atoms with van der Waals surface area (Å²) in [5.41, 5.74) is 13.1. The first-order chi connectivity index (χ1) is 10.8. The molecule has 0 bridgehead atoms. The van der Waals surface area contributed by atoms with Gasteiger partial charge in [0.15, 0.2) is 0 Å². The summed E-state index contributed by atoms with van der Waals surface area (Å²) in [7, 11) is 1.79. The van der Waals surface area contributed by atoms with Crippen molar-refractivity contribution in [2.24, 2.45) is 22.4 Å². The van der Waals surface area contributed by atoms with E-state index in [1.165, 1.54) is 0 Å². The minimum absolute atomic E-state index is 0.0469. The second-order valence-corrected chi connectivity index (χ2v) is 7.64. The second kappa shape index (κ2) is 7.32. The van der Waals surface area contributed by atoms with Gasteiger partial charge in [-0.25, -0.2) is 4.99 Å². The van der Waals surface area contributed by atoms with Gasteiger partial charge in [0, 0.05) is 23.9 Å². The summed E-state index contributed by atoms with van der Waals surface area (Å²) in [6, 6.07) is 8.10. The van der Waals surface area contributed by atoms with E-state index in [0.29, 0.717) is 12.3 Å². The van der Waals surface area contributed by atoms with Crippen molar-refractivity contribution in [3.63, 3.8) is 0 Å². The van der Waals surface area contributed by atoms with Crippen LogP contribution in [0.4, 0.5) is 0 Å². The zero-order valence-electron chi connectivity index (χ0n) is 14.3. The van der Waals surface area contributed by atoms with Crippen LogP contribution < -0.4 is 11.5 Å². The highest BCUT2D eigenvalue weighted by Crippen LogP contribution is 2.43. The predicted octanol–water partition coefficient (Wildman–Crippen LogP) is 3.92. The smallest absolute Gasteiger partial charge is 0.138 e. The molecule has 0 saturated heterocycles. The number of ether oxygens (including phenoxy) is 1. The molecule has 0 spiro atoms. The van der Waals surface area contributed by atoms with Crippen LogP contribution >= 0.6 is 15.9 Å². The first-order valence-electron chi connectivity index (χ1n) is 8.27. The van der Waals surface area contributed by atoms with Crippen molar-refractivity contribution in [2.75, 3.05) is 7.11 Å². The average molecular weight is 382 g/mol. The number of benzene rings is 1. The lowest BCUT2D eigenvalue weighted by atomic mass is 9.72. The van der Waals surface area contributed by atoms with Crippen LogP contribution in [0.1, 0.15) is 51.5 Å². The molecule has 1 aliphatic rings. The molecule has 0 radical (unpaired) electrons. The summed E-state index contributed by atoms with van der Waals surface area (Å²) in [6.07, 6.45) is 4.64. The Morgan fingerprint density at radius 1 is 1.43 bits per heavy atom. The maximum Gasteiger partial charge on any atom is 0.138 e. The molecular formula is C18H28BrN3O. The summed E-state index contributed by atoms with van der Waals surface area (Å²) in [6.45, 7) is 4.17. The van der Waals surface area contributed by atoms with Crippen LogP contribution in [0.5, 0.6) is 0 Å². The molecule has 1 fully saturated rings. The van der Waals surface area contributed by atoms with Crippen molar-refractivity contribution in [3.8, 4) is 0 Å². The molecule has 1 atom stereocenters. The first kappa shape index (κ1) is 18.4. The van der Waals surface area contributed by atoms with Gasteiger partial charge in [-0.1, -0.05) is 35.0 Å². The summed E-state index contributed by atoms with van der Waals surface area (Å²) >= 11 is 3.54. The third-order valence-electron chi connectivity index (χ3n) is 5.14. The maximum atomic E-state index is 6.84. The molecule has 2 rings (SSSR count). The zero-order chi connectivity index (χ0) is 17.1. The fraction of sp³-hybridized carbons (Fsp3) is 0.611. The summed E-state index contributed by atoms with van der Waals surface area (Å²) in [5.74, 6) is 0.859. The molecule has 0 heterocycles. The van der Waals surface area contributed by atoms with Crippen molar-refractivity contribution >= 4 is 21.8 Å². The Morgan fingerprint density at radius 3 is 2.61 bits per heavy atom. The van der Waals surface area contributed by atoms with Gasteiger partial charge < -0.3 is 16.2 Å². The fourth-order valence-corrected chi connectivity index (χ4v) is 3.72. The van der Waals surface area contributed by atoms with Crippen molar-refractivity contribution in [1.82, 2.24) is 0 Å². The Kier molecular flexibility index (Phi) is 5.87. The van der Waals surface area contributed by atoms with Crippen LogP contribution in [-0.2, 0) is 10.4 Å². The van der Waals surface area contributed by atoms with Gasteiger partial charge in [-0.3, -0.25) is 0 Å². The third-order valence-corrected chi connectivity index (χ3v) is 5.63. The number of nitrogens with two attached hydrogens (primary N) is 2.